The van der Waals surface area contributed by atoms with E-state index in [1.165, 1.54) is 19.2 Å². The van der Waals surface area contributed by atoms with E-state index >= 15 is 0 Å². The molecule has 20 heavy (non-hydrogen) atoms. The van der Waals surface area contributed by atoms with E-state index in [1.807, 2.05) is 0 Å². The normalized spacial score (nSPS) is 15.3. The highest BCUT2D eigenvalue weighted by Gasteiger charge is 2.25. The summed E-state index contributed by atoms with van der Waals surface area (Å²) in [6.07, 6.45) is 7.37. The van der Waals surface area contributed by atoms with Crippen molar-refractivity contribution in [1.29, 1.82) is 0 Å². The molecule has 4 nitrogen and oxygen atoms in total. The summed E-state index contributed by atoms with van der Waals surface area (Å²) in [6.45, 7) is 0.443. The van der Waals surface area contributed by atoms with Crippen molar-refractivity contribution in [2.75, 3.05) is 13.6 Å². The molecule has 1 N–H and O–H groups in total. The van der Waals surface area contributed by atoms with Crippen LogP contribution in [0.2, 0.25) is 0 Å². The third-order valence-electron chi connectivity index (χ3n) is 3.17. The Morgan fingerprint density at radius 2 is 2.20 bits per heavy atom. The first kappa shape index (κ1) is 15.0. The molecule has 0 bridgehead atoms. The lowest BCUT2D eigenvalue weighted by Gasteiger charge is -2.15. The molecule has 1 aliphatic carbocycles. The van der Waals surface area contributed by atoms with E-state index in [0.29, 0.717) is 12.6 Å². The topological polar surface area (TPSA) is 49.4 Å². The molecule has 108 valence electrons. The summed E-state index contributed by atoms with van der Waals surface area (Å²) >= 11 is 0. The van der Waals surface area contributed by atoms with Gasteiger partial charge in [0, 0.05) is 19.6 Å². The number of benzene rings is 1. The first-order valence-electron chi connectivity index (χ1n) is 6.36. The van der Waals surface area contributed by atoms with E-state index in [1.54, 1.807) is 6.07 Å². The van der Waals surface area contributed by atoms with Gasteiger partial charge in [-0.1, -0.05) is 12.0 Å². The van der Waals surface area contributed by atoms with Gasteiger partial charge >= 0.3 is 0 Å². The van der Waals surface area contributed by atoms with Crippen molar-refractivity contribution < 1.29 is 12.8 Å². The zero-order chi connectivity index (χ0) is 14.8. The average molecular weight is 296 g/mol. The van der Waals surface area contributed by atoms with Gasteiger partial charge in [0.25, 0.3) is 0 Å². The Bertz CT molecular complexity index is 633. The Labute approximate surface area is 119 Å². The molecule has 0 heterocycles. The van der Waals surface area contributed by atoms with E-state index in [0.717, 1.165) is 22.7 Å². The highest BCUT2D eigenvalue weighted by atomic mass is 32.2. The van der Waals surface area contributed by atoms with E-state index < -0.39 is 15.8 Å². The van der Waals surface area contributed by atoms with Crippen molar-refractivity contribution in [2.24, 2.45) is 0 Å². The fourth-order valence-electron chi connectivity index (χ4n) is 1.79. The van der Waals surface area contributed by atoms with Crippen LogP contribution in [0, 0.1) is 18.2 Å². The van der Waals surface area contributed by atoms with Gasteiger partial charge in [0.15, 0.2) is 0 Å². The quantitative estimate of drug-likeness (QED) is 0.806. The molecule has 0 aromatic heterocycles. The van der Waals surface area contributed by atoms with Gasteiger partial charge in [0.1, 0.15) is 10.7 Å². The number of nitrogens with one attached hydrogen (secondary N) is 1. The molecule has 1 saturated carbocycles. The van der Waals surface area contributed by atoms with Crippen LogP contribution in [0.4, 0.5) is 4.39 Å². The van der Waals surface area contributed by atoms with Gasteiger partial charge in [0.2, 0.25) is 10.0 Å². The number of nitrogens with zero attached hydrogens (tertiary/aromatic N) is 1. The van der Waals surface area contributed by atoms with E-state index in [4.69, 9.17) is 6.42 Å². The molecule has 1 aromatic carbocycles. The van der Waals surface area contributed by atoms with Gasteiger partial charge in [-0.05, 0) is 30.5 Å². The van der Waals surface area contributed by atoms with Gasteiger partial charge in [-0.25, -0.2) is 12.8 Å². The van der Waals surface area contributed by atoms with Gasteiger partial charge in [-0.2, -0.15) is 4.31 Å². The minimum atomic E-state index is -3.89. The second-order valence-electron chi connectivity index (χ2n) is 4.89. The van der Waals surface area contributed by atoms with Crippen molar-refractivity contribution >= 4 is 10.0 Å². The van der Waals surface area contributed by atoms with Crippen molar-refractivity contribution in [3.05, 3.63) is 29.6 Å². The molecule has 0 unspecified atom stereocenters. The summed E-state index contributed by atoms with van der Waals surface area (Å²) in [4.78, 5) is -0.328. The first-order valence-corrected chi connectivity index (χ1v) is 7.81. The first-order chi connectivity index (χ1) is 9.45. The van der Waals surface area contributed by atoms with E-state index in [2.05, 4.69) is 11.2 Å². The van der Waals surface area contributed by atoms with Gasteiger partial charge in [-0.3, -0.25) is 0 Å². The number of rotatable bonds is 6. The van der Waals surface area contributed by atoms with Crippen molar-refractivity contribution in [2.45, 2.75) is 30.3 Å². The number of halogens is 1. The van der Waals surface area contributed by atoms with E-state index in [-0.39, 0.29) is 11.4 Å². The molecule has 0 saturated heterocycles. The lowest BCUT2D eigenvalue weighted by Crippen LogP contribution is -2.28. The molecular formula is C14H17FN2O2S. The molecule has 1 aliphatic rings. The van der Waals surface area contributed by atoms with Crippen LogP contribution in [0.5, 0.6) is 0 Å². The van der Waals surface area contributed by atoms with Gasteiger partial charge in [0.05, 0.1) is 6.54 Å². The van der Waals surface area contributed by atoms with Crippen LogP contribution >= 0.6 is 0 Å². The SMILES string of the molecule is C#CCN(C)S(=O)(=O)c1cc(CNC2CC2)ccc1F. The summed E-state index contributed by atoms with van der Waals surface area (Å²) in [7, 11) is -2.55. The molecule has 0 radical (unpaired) electrons. The van der Waals surface area contributed by atoms with Gasteiger partial charge in [-0.15, -0.1) is 6.42 Å². The Morgan fingerprint density at radius 3 is 2.80 bits per heavy atom. The third-order valence-corrected chi connectivity index (χ3v) is 4.99. The van der Waals surface area contributed by atoms with Crippen molar-refractivity contribution in [3.63, 3.8) is 0 Å². The standard InChI is InChI=1S/C14H17FN2O2S/c1-3-8-17(2)20(18,19)14-9-11(4-7-13(14)15)10-16-12-5-6-12/h1,4,7,9,12,16H,5-6,8,10H2,2H3. The average Bonchev–Trinajstić information content (AvgIpc) is 3.22. The number of sulfonamides is 1. The largest absolute Gasteiger partial charge is 0.310 e. The van der Waals surface area contributed by atoms with Crippen LogP contribution < -0.4 is 5.32 Å². The second kappa shape index (κ2) is 5.92. The Morgan fingerprint density at radius 1 is 1.50 bits per heavy atom. The summed E-state index contributed by atoms with van der Waals surface area (Å²) < 4.78 is 39.2. The zero-order valence-corrected chi connectivity index (χ0v) is 12.1. The lowest BCUT2D eigenvalue weighted by atomic mass is 10.2. The Balaban J connectivity index is 2.24. The van der Waals surface area contributed by atoms with Crippen LogP contribution in [0.3, 0.4) is 0 Å². The third kappa shape index (κ3) is 3.37. The highest BCUT2D eigenvalue weighted by molar-refractivity contribution is 7.89. The maximum absolute atomic E-state index is 13.8. The number of hydrogen-bond acceptors (Lipinski definition) is 3. The molecule has 2 rings (SSSR count). The molecule has 0 aliphatic heterocycles. The smallest absolute Gasteiger partial charge is 0.246 e. The number of terminal acetylenes is 1. The van der Waals surface area contributed by atoms with Crippen LogP contribution in [0.15, 0.2) is 23.1 Å². The fraction of sp³-hybridized carbons (Fsp3) is 0.429. The highest BCUT2D eigenvalue weighted by Crippen LogP contribution is 2.22. The Hall–Kier alpha value is -1.42. The van der Waals surface area contributed by atoms with Crippen LogP contribution in [-0.2, 0) is 16.6 Å². The minimum absolute atomic E-state index is 0.0909. The molecule has 0 spiro atoms. The van der Waals surface area contributed by atoms with E-state index in [9.17, 15) is 12.8 Å². The molecular weight excluding hydrogens is 279 g/mol. The number of hydrogen-bond donors (Lipinski definition) is 1. The van der Waals surface area contributed by atoms with Crippen molar-refractivity contribution in [1.82, 2.24) is 9.62 Å². The zero-order valence-electron chi connectivity index (χ0n) is 11.3. The maximum atomic E-state index is 13.8. The minimum Gasteiger partial charge on any atom is -0.310 e. The maximum Gasteiger partial charge on any atom is 0.246 e. The van der Waals surface area contributed by atoms with Crippen LogP contribution in [0.1, 0.15) is 18.4 Å². The van der Waals surface area contributed by atoms with Crippen molar-refractivity contribution in [3.8, 4) is 12.3 Å². The molecule has 6 heteroatoms. The summed E-state index contributed by atoms with van der Waals surface area (Å²) in [6, 6.07) is 4.64. The summed E-state index contributed by atoms with van der Waals surface area (Å²) in [5.74, 6) is 1.48. The second-order valence-corrected chi connectivity index (χ2v) is 6.90. The summed E-state index contributed by atoms with van der Waals surface area (Å²) in [5.41, 5.74) is 0.742. The molecule has 1 fully saturated rings. The fourth-order valence-corrected chi connectivity index (χ4v) is 2.98. The van der Waals surface area contributed by atoms with Gasteiger partial charge < -0.3 is 5.32 Å². The van der Waals surface area contributed by atoms with Crippen LogP contribution in [-0.4, -0.2) is 32.4 Å². The monoisotopic (exact) mass is 296 g/mol. The molecule has 0 amide bonds. The molecule has 0 atom stereocenters. The predicted octanol–water partition coefficient (Wildman–Crippen LogP) is 1.33. The Kier molecular flexibility index (Phi) is 4.43. The van der Waals surface area contributed by atoms with Crippen LogP contribution in [0.25, 0.3) is 0 Å². The molecule has 1 aromatic rings. The summed E-state index contributed by atoms with van der Waals surface area (Å²) in [5, 5.41) is 3.26. The lowest BCUT2D eigenvalue weighted by molar-refractivity contribution is 0.492. The predicted molar refractivity (Wildman–Crippen MR) is 74.9 cm³/mol.